The van der Waals surface area contributed by atoms with Crippen LogP contribution < -0.4 is 10.0 Å². The minimum Gasteiger partial charge on any atom is -0.351 e. The molecule has 0 unspecified atom stereocenters. The number of carbonyl (C=O) groups excluding carboxylic acids is 1. The number of nitrogens with zero attached hydrogens (tertiary/aromatic N) is 1. The molecule has 0 aliphatic rings. The lowest BCUT2D eigenvalue weighted by atomic mass is 10.3. The fourth-order valence-corrected chi connectivity index (χ4v) is 1.73. The van der Waals surface area contributed by atoms with Crippen LogP contribution in [0.15, 0.2) is 22.9 Å². The van der Waals surface area contributed by atoms with Gasteiger partial charge in [-0.1, -0.05) is 0 Å². The number of amides is 1. The minimum atomic E-state index is -3.21. The molecule has 1 rings (SSSR count). The summed E-state index contributed by atoms with van der Waals surface area (Å²) in [4.78, 5) is 15.4. The van der Waals surface area contributed by atoms with Crippen molar-refractivity contribution < 1.29 is 13.2 Å². The number of sulfonamides is 1. The van der Waals surface area contributed by atoms with Crippen LogP contribution in [-0.2, 0) is 10.0 Å². The highest BCUT2D eigenvalue weighted by molar-refractivity contribution is 9.10. The first kappa shape index (κ1) is 14.1. The van der Waals surface area contributed by atoms with Gasteiger partial charge in [0.1, 0.15) is 4.60 Å². The second-order valence-corrected chi connectivity index (χ2v) is 5.94. The van der Waals surface area contributed by atoms with Gasteiger partial charge in [-0.3, -0.25) is 4.79 Å². The van der Waals surface area contributed by atoms with Crippen LogP contribution in [0.4, 0.5) is 0 Å². The molecule has 94 valence electrons. The first-order chi connectivity index (χ1) is 7.88. The van der Waals surface area contributed by atoms with E-state index in [-0.39, 0.29) is 19.0 Å². The quantitative estimate of drug-likeness (QED) is 0.595. The highest BCUT2D eigenvalue weighted by atomic mass is 79.9. The number of carbonyl (C=O) groups is 1. The average molecular weight is 322 g/mol. The van der Waals surface area contributed by atoms with Crippen LogP contribution in [0.25, 0.3) is 0 Å². The molecule has 0 bridgehead atoms. The number of hydrogen-bond acceptors (Lipinski definition) is 4. The fourth-order valence-electron chi connectivity index (χ4n) is 1.02. The Bertz CT molecular complexity index is 487. The summed E-state index contributed by atoms with van der Waals surface area (Å²) in [5.41, 5.74) is 0.424. The van der Waals surface area contributed by atoms with Crippen LogP contribution >= 0.6 is 15.9 Å². The molecule has 8 heteroatoms. The smallest absolute Gasteiger partial charge is 0.252 e. The van der Waals surface area contributed by atoms with Gasteiger partial charge in [0.25, 0.3) is 5.91 Å². The van der Waals surface area contributed by atoms with E-state index >= 15 is 0 Å². The van der Waals surface area contributed by atoms with Crippen LogP contribution in [0.2, 0.25) is 0 Å². The second-order valence-electron chi connectivity index (χ2n) is 3.29. The van der Waals surface area contributed by atoms with Gasteiger partial charge in [-0.25, -0.2) is 18.1 Å². The summed E-state index contributed by atoms with van der Waals surface area (Å²) in [5.74, 6) is -0.291. The highest BCUT2D eigenvalue weighted by Gasteiger charge is 2.05. The molecule has 2 N–H and O–H groups in total. The molecule has 1 aromatic heterocycles. The zero-order valence-electron chi connectivity index (χ0n) is 9.10. The summed E-state index contributed by atoms with van der Waals surface area (Å²) in [6.45, 7) is 0.385. The molecule has 0 fully saturated rings. The molecule has 0 radical (unpaired) electrons. The standard InChI is InChI=1S/C9H12BrN3O3S/c1-17(15,16)13-5-4-11-9(14)7-2-3-8(10)12-6-7/h2-3,6,13H,4-5H2,1H3,(H,11,14). The third kappa shape index (κ3) is 5.76. The topological polar surface area (TPSA) is 88.2 Å². The Hall–Kier alpha value is -0.990. The molecule has 17 heavy (non-hydrogen) atoms. The van der Waals surface area contributed by atoms with Crippen LogP contribution in [0.3, 0.4) is 0 Å². The highest BCUT2D eigenvalue weighted by Crippen LogP contribution is 2.05. The molecular weight excluding hydrogens is 310 g/mol. The number of nitrogens with one attached hydrogen (secondary N) is 2. The van der Waals surface area contributed by atoms with Gasteiger partial charge in [-0.2, -0.15) is 0 Å². The first-order valence-electron chi connectivity index (χ1n) is 4.73. The van der Waals surface area contributed by atoms with Crippen LogP contribution in [0.5, 0.6) is 0 Å². The van der Waals surface area contributed by atoms with Crippen molar-refractivity contribution in [2.24, 2.45) is 0 Å². The summed E-state index contributed by atoms with van der Waals surface area (Å²) in [6, 6.07) is 3.28. The van der Waals surface area contributed by atoms with Gasteiger partial charge in [-0.15, -0.1) is 0 Å². The van der Waals surface area contributed by atoms with E-state index in [0.29, 0.717) is 10.2 Å². The fraction of sp³-hybridized carbons (Fsp3) is 0.333. The van der Waals surface area contributed by atoms with Crippen molar-refractivity contribution in [1.29, 1.82) is 0 Å². The molecule has 0 atom stereocenters. The van der Waals surface area contributed by atoms with Gasteiger partial charge in [0.2, 0.25) is 10.0 Å². The maximum Gasteiger partial charge on any atom is 0.252 e. The molecule has 0 aliphatic heterocycles. The van der Waals surface area contributed by atoms with Crippen LogP contribution in [0.1, 0.15) is 10.4 Å². The molecule has 0 saturated carbocycles. The molecular formula is C9H12BrN3O3S. The van der Waals surface area contributed by atoms with Gasteiger partial charge in [0.15, 0.2) is 0 Å². The van der Waals surface area contributed by atoms with Crippen LogP contribution in [-0.4, -0.2) is 38.7 Å². The number of aromatic nitrogens is 1. The molecule has 0 spiro atoms. The van der Waals surface area contributed by atoms with E-state index in [0.717, 1.165) is 6.26 Å². The number of rotatable bonds is 5. The van der Waals surface area contributed by atoms with Crippen molar-refractivity contribution in [3.63, 3.8) is 0 Å². The Morgan fingerprint density at radius 3 is 2.65 bits per heavy atom. The molecule has 6 nitrogen and oxygen atoms in total. The maximum absolute atomic E-state index is 11.5. The lowest BCUT2D eigenvalue weighted by Crippen LogP contribution is -2.34. The van der Waals surface area contributed by atoms with Crippen molar-refractivity contribution >= 4 is 31.9 Å². The van der Waals surface area contributed by atoms with Crippen molar-refractivity contribution in [2.45, 2.75) is 0 Å². The summed E-state index contributed by atoms with van der Waals surface area (Å²) in [7, 11) is -3.21. The molecule has 0 saturated heterocycles. The molecule has 1 amide bonds. The van der Waals surface area contributed by atoms with E-state index in [2.05, 4.69) is 31.0 Å². The van der Waals surface area contributed by atoms with Crippen molar-refractivity contribution in [1.82, 2.24) is 15.0 Å². The lowest BCUT2D eigenvalue weighted by Gasteiger charge is -2.05. The number of halogens is 1. The summed E-state index contributed by atoms with van der Waals surface area (Å²) in [6.07, 6.45) is 2.50. The van der Waals surface area contributed by atoms with E-state index in [1.54, 1.807) is 12.1 Å². The third-order valence-corrected chi connectivity index (χ3v) is 2.96. The van der Waals surface area contributed by atoms with E-state index in [1.165, 1.54) is 6.20 Å². The molecule has 0 aromatic carbocycles. The lowest BCUT2D eigenvalue weighted by molar-refractivity contribution is 0.0954. The third-order valence-electron chi connectivity index (χ3n) is 1.76. The summed E-state index contributed by atoms with van der Waals surface area (Å²) < 4.78 is 24.4. The zero-order valence-corrected chi connectivity index (χ0v) is 11.5. The number of hydrogen-bond donors (Lipinski definition) is 2. The Balaban J connectivity index is 2.38. The largest absolute Gasteiger partial charge is 0.351 e. The van der Waals surface area contributed by atoms with Crippen molar-refractivity contribution in [3.8, 4) is 0 Å². The second kappa shape index (κ2) is 6.08. The predicted molar refractivity (Wildman–Crippen MR) is 67.1 cm³/mol. The average Bonchev–Trinajstić information content (AvgIpc) is 2.24. The van der Waals surface area contributed by atoms with Crippen molar-refractivity contribution in [3.05, 3.63) is 28.5 Å². The van der Waals surface area contributed by atoms with Crippen LogP contribution in [0, 0.1) is 0 Å². The summed E-state index contributed by atoms with van der Waals surface area (Å²) >= 11 is 3.16. The molecule has 1 heterocycles. The molecule has 1 aromatic rings. The molecule has 0 aliphatic carbocycles. The van der Waals surface area contributed by atoms with Gasteiger partial charge in [0.05, 0.1) is 11.8 Å². The van der Waals surface area contributed by atoms with E-state index < -0.39 is 10.0 Å². The maximum atomic E-state index is 11.5. The Morgan fingerprint density at radius 1 is 1.41 bits per heavy atom. The Kier molecular flexibility index (Phi) is 5.03. The zero-order chi connectivity index (χ0) is 12.9. The minimum absolute atomic E-state index is 0.161. The van der Waals surface area contributed by atoms with E-state index in [4.69, 9.17) is 0 Å². The van der Waals surface area contributed by atoms with Gasteiger partial charge < -0.3 is 5.32 Å². The first-order valence-corrected chi connectivity index (χ1v) is 7.41. The van der Waals surface area contributed by atoms with E-state index in [9.17, 15) is 13.2 Å². The Morgan fingerprint density at radius 2 is 2.12 bits per heavy atom. The van der Waals surface area contributed by atoms with Gasteiger partial charge in [-0.05, 0) is 28.1 Å². The monoisotopic (exact) mass is 321 g/mol. The SMILES string of the molecule is CS(=O)(=O)NCCNC(=O)c1ccc(Br)nc1. The van der Waals surface area contributed by atoms with Gasteiger partial charge in [0, 0.05) is 19.3 Å². The Labute approximate surface area is 108 Å². The van der Waals surface area contributed by atoms with E-state index in [1.807, 2.05) is 0 Å². The van der Waals surface area contributed by atoms with Crippen molar-refractivity contribution in [2.75, 3.05) is 19.3 Å². The van der Waals surface area contributed by atoms with Gasteiger partial charge >= 0.3 is 0 Å². The number of pyridine rings is 1. The predicted octanol–water partition coefficient (Wildman–Crippen LogP) is 0.123. The normalized spacial score (nSPS) is 11.2. The summed E-state index contributed by atoms with van der Waals surface area (Å²) in [5, 5.41) is 2.57.